The molecular weight excluding hydrogens is 1540 g/mol. The summed E-state index contributed by atoms with van der Waals surface area (Å²) in [5.41, 5.74) is 2.03. The number of anilines is 2. The van der Waals surface area contributed by atoms with E-state index < -0.39 is 6.09 Å². The van der Waals surface area contributed by atoms with E-state index in [4.69, 9.17) is 4.74 Å². The molecule has 0 aromatic heterocycles. The van der Waals surface area contributed by atoms with Crippen LogP contribution in [0, 0.1) is 12.8 Å². The summed E-state index contributed by atoms with van der Waals surface area (Å²) in [7, 11) is 0. The van der Waals surface area contributed by atoms with Crippen LogP contribution in [0.3, 0.4) is 0 Å². The summed E-state index contributed by atoms with van der Waals surface area (Å²) in [5.74, 6) is 0.569. The molecule has 750 valence electrons. The Kier molecular flexibility index (Phi) is 94.9. The number of rotatable bonds is 105. The molecule has 1 aromatic rings. The van der Waals surface area contributed by atoms with Crippen LogP contribution in [-0.4, -0.2) is 35.7 Å². The number of carbonyl (C=O) groups excluding carboxylic acids is 2. The fourth-order valence-electron chi connectivity index (χ4n) is 20.9. The van der Waals surface area contributed by atoms with E-state index in [0.717, 1.165) is 24.9 Å². The van der Waals surface area contributed by atoms with E-state index in [9.17, 15) is 9.59 Å². The van der Waals surface area contributed by atoms with Crippen molar-refractivity contribution in [2.45, 2.75) is 708 Å². The van der Waals surface area contributed by atoms with Crippen LogP contribution in [-0.2, 0) is 4.74 Å². The van der Waals surface area contributed by atoms with Crippen molar-refractivity contribution in [3.8, 4) is 0 Å². The van der Waals surface area contributed by atoms with Crippen LogP contribution in [0.1, 0.15) is 701 Å². The van der Waals surface area contributed by atoms with Crippen LogP contribution >= 0.6 is 0 Å². The number of carbonyl (C=O) groups is 2. The van der Waals surface area contributed by atoms with E-state index in [1.54, 1.807) is 0 Å². The number of nitrogens with one attached hydrogen (secondary N) is 2. The molecule has 0 atom stereocenters. The molecule has 1 aliphatic rings. The lowest BCUT2D eigenvalue weighted by Crippen LogP contribution is -2.49. The van der Waals surface area contributed by atoms with E-state index in [1.165, 1.54) is 655 Å². The minimum atomic E-state index is -0.437. The van der Waals surface area contributed by atoms with Crippen LogP contribution in [0.2, 0.25) is 0 Å². The van der Waals surface area contributed by atoms with Crippen molar-refractivity contribution in [3.63, 3.8) is 0 Å². The summed E-state index contributed by atoms with van der Waals surface area (Å²) in [6, 6.07) is 5.55. The zero-order chi connectivity index (χ0) is 90.7. The predicted molar refractivity (Wildman–Crippen MR) is 571 cm³/mol. The number of hydrogen-bond donors (Lipinski definition) is 2. The van der Waals surface area contributed by atoms with Crippen molar-refractivity contribution in [1.29, 1.82) is 0 Å². The third-order valence-corrected chi connectivity index (χ3v) is 29.9. The highest BCUT2D eigenvalue weighted by Gasteiger charge is 2.31. The summed E-state index contributed by atoms with van der Waals surface area (Å²) in [6.45, 7) is 11.8. The molecule has 0 spiro atoms. The van der Waals surface area contributed by atoms with Gasteiger partial charge in [-0.1, -0.05) is 661 Å². The first-order valence-corrected chi connectivity index (χ1v) is 59.8. The van der Waals surface area contributed by atoms with Gasteiger partial charge in [0, 0.05) is 23.5 Å². The molecule has 0 aliphatic heterocycles. The molecule has 0 bridgehead atoms. The van der Waals surface area contributed by atoms with Gasteiger partial charge < -0.3 is 15.0 Å². The van der Waals surface area contributed by atoms with Gasteiger partial charge in [0.1, 0.15) is 0 Å². The van der Waals surface area contributed by atoms with Crippen molar-refractivity contribution >= 4 is 23.5 Å². The molecule has 127 heavy (non-hydrogen) atoms. The van der Waals surface area contributed by atoms with Crippen molar-refractivity contribution in [2.75, 3.05) is 23.8 Å². The van der Waals surface area contributed by atoms with E-state index in [-0.39, 0.29) is 11.6 Å². The summed E-state index contributed by atoms with van der Waals surface area (Å²) in [6.07, 6.45) is 151. The molecule has 0 saturated heterocycles. The largest absolute Gasteiger partial charge is 0.449 e. The number of nitrogens with zero attached hydrogens (tertiary/aromatic N) is 1. The lowest BCUT2D eigenvalue weighted by Gasteiger charge is -2.37. The lowest BCUT2D eigenvalue weighted by atomic mass is 10.0. The summed E-state index contributed by atoms with van der Waals surface area (Å²) in [5, 5.41) is 6.00. The molecule has 0 heterocycles. The monoisotopic (exact) mass is 1780 g/mol. The minimum absolute atomic E-state index is 0.0864. The molecule has 0 unspecified atom stereocenters. The van der Waals surface area contributed by atoms with Gasteiger partial charge in [-0.25, -0.2) is 9.59 Å². The molecule has 2 rings (SSSR count). The Hall–Kier alpha value is -2.24. The van der Waals surface area contributed by atoms with Crippen LogP contribution in [0.25, 0.3) is 0 Å². The predicted octanol–water partition coefficient (Wildman–Crippen LogP) is 44.4. The Morgan fingerprint density at radius 2 is 0.441 bits per heavy atom. The Labute approximate surface area is 799 Å². The molecule has 0 radical (unpaired) electrons. The van der Waals surface area contributed by atoms with Gasteiger partial charge in [0.2, 0.25) is 0 Å². The maximum atomic E-state index is 13.5. The average Bonchev–Trinajstić information content (AvgIpc) is 1.82. The topological polar surface area (TPSA) is 70.7 Å². The Morgan fingerprint density at radius 3 is 0.614 bits per heavy atom. The number of urea groups is 1. The first-order valence-electron chi connectivity index (χ1n) is 59.8. The van der Waals surface area contributed by atoms with Gasteiger partial charge in [0.25, 0.3) is 0 Å². The highest BCUT2D eigenvalue weighted by atomic mass is 16.5. The molecule has 1 fully saturated rings. The molecule has 3 amide bonds. The van der Waals surface area contributed by atoms with Crippen molar-refractivity contribution < 1.29 is 14.3 Å². The fraction of sp³-hybridized carbons (Fsp3) is 0.934. The first kappa shape index (κ1) is 121. The lowest BCUT2D eigenvalue weighted by molar-refractivity contribution is 0.141. The minimum Gasteiger partial charge on any atom is -0.449 e. The van der Waals surface area contributed by atoms with E-state index in [2.05, 4.69) is 38.3 Å². The van der Waals surface area contributed by atoms with Crippen LogP contribution < -0.4 is 10.6 Å². The summed E-state index contributed by atoms with van der Waals surface area (Å²) in [4.78, 5) is 28.0. The zero-order valence-corrected chi connectivity index (χ0v) is 87.9. The first-order chi connectivity index (χ1) is 62.7. The van der Waals surface area contributed by atoms with Gasteiger partial charge in [-0.05, 0) is 70.6 Å². The quantitative estimate of drug-likeness (QED) is 0.0639. The van der Waals surface area contributed by atoms with Gasteiger partial charge in [-0.15, -0.1) is 0 Å². The number of ether oxygens (including phenoxy) is 1. The standard InChI is InChI=1S/C121H233N3O3/c1-6-7-8-9-10-11-12-13-14-15-16-17-18-19-20-21-22-23-24-25-26-27-28-29-30-31-32-33-34-35-36-37-38-39-40-41-42-43-44-45-46-47-48-49-50-51-52-53-54-55-56-57-58-59-60-61-62-63-64-65-66-67-68-69-70-71-72-73-74-75-76-77-78-79-80-81-82-83-84-85-86-87-88-89-90-91-92-93-94-95-96-97-98-99-100-101-102-103-104-107-112-127-120(126)122-117-111-110-115(2)118(113-117)123-119(125)124(121(3,4)5)114-116-108-105-106-109-116/h110-111,113,116H,6-109,112,114H2,1-5H3,(H,122,126)(H,123,125). The van der Waals surface area contributed by atoms with Crippen molar-refractivity contribution in [3.05, 3.63) is 23.8 Å². The number of aryl methyl sites for hydroxylation is 1. The molecule has 6 heteroatoms. The number of hydrogen-bond acceptors (Lipinski definition) is 3. The van der Waals surface area contributed by atoms with E-state index in [1.807, 2.05) is 30.0 Å². The molecule has 1 saturated carbocycles. The molecular formula is C121H233N3O3. The van der Waals surface area contributed by atoms with Crippen molar-refractivity contribution in [1.82, 2.24) is 4.90 Å². The van der Waals surface area contributed by atoms with Gasteiger partial charge in [-0.3, -0.25) is 5.32 Å². The third-order valence-electron chi connectivity index (χ3n) is 29.9. The Morgan fingerprint density at radius 1 is 0.268 bits per heavy atom. The van der Waals surface area contributed by atoms with Gasteiger partial charge in [0.15, 0.2) is 0 Å². The normalized spacial score (nSPS) is 12.6. The van der Waals surface area contributed by atoms with Gasteiger partial charge >= 0.3 is 12.1 Å². The summed E-state index contributed by atoms with van der Waals surface area (Å²) < 4.78 is 5.51. The molecule has 6 nitrogen and oxygen atoms in total. The number of amides is 3. The smallest absolute Gasteiger partial charge is 0.411 e. The maximum absolute atomic E-state index is 13.5. The van der Waals surface area contributed by atoms with E-state index >= 15 is 0 Å². The SMILES string of the molecule is CCCCCCCCCCCCCCCCCCCCCCCCCCCCCCCCCCCCCCCCCCCCCCCCCCCCCCCCCCCCCCCCCCCCCCCCCCCCCCCCCCCCCCCCCCCCCCCCCCCCCCOC(=O)Nc1ccc(C)c(NC(=O)N(CC2CCCC2)C(C)(C)C)c1. The van der Waals surface area contributed by atoms with Crippen LogP contribution in [0.5, 0.6) is 0 Å². The Balaban J connectivity index is 1.11. The second-order valence-corrected chi connectivity index (χ2v) is 43.7. The average molecular weight is 1780 g/mol. The fourth-order valence-corrected chi connectivity index (χ4v) is 20.9. The molecule has 2 N–H and O–H groups in total. The molecule has 1 aliphatic carbocycles. The van der Waals surface area contributed by atoms with Crippen LogP contribution in [0.15, 0.2) is 18.2 Å². The second-order valence-electron chi connectivity index (χ2n) is 43.7. The maximum Gasteiger partial charge on any atom is 0.411 e. The highest BCUT2D eigenvalue weighted by molar-refractivity contribution is 5.92. The summed E-state index contributed by atoms with van der Waals surface area (Å²) >= 11 is 0. The van der Waals surface area contributed by atoms with Gasteiger partial charge in [-0.2, -0.15) is 0 Å². The van der Waals surface area contributed by atoms with Gasteiger partial charge in [0.05, 0.1) is 6.61 Å². The number of benzene rings is 1. The van der Waals surface area contributed by atoms with E-state index in [0.29, 0.717) is 23.9 Å². The highest BCUT2D eigenvalue weighted by Crippen LogP contribution is 2.31. The molecule has 1 aromatic carbocycles. The third kappa shape index (κ3) is 90.0. The van der Waals surface area contributed by atoms with Crippen LogP contribution in [0.4, 0.5) is 21.0 Å². The zero-order valence-electron chi connectivity index (χ0n) is 87.9. The number of unbranched alkanes of at least 4 members (excludes halogenated alkanes) is 99. The second kappa shape index (κ2) is 99.7. The van der Waals surface area contributed by atoms with Crippen molar-refractivity contribution in [2.24, 2.45) is 5.92 Å². The Bertz CT molecular complexity index is 2300.